The highest BCUT2D eigenvalue weighted by atomic mass is 16.2. The summed E-state index contributed by atoms with van der Waals surface area (Å²) in [6, 6.07) is 9.98. The van der Waals surface area contributed by atoms with E-state index in [-0.39, 0.29) is 11.4 Å². The number of benzene rings is 1. The van der Waals surface area contributed by atoms with Gasteiger partial charge in [-0.25, -0.2) is 0 Å². The highest BCUT2D eigenvalue weighted by Crippen LogP contribution is 2.43. The average molecular weight is 283 g/mol. The van der Waals surface area contributed by atoms with Gasteiger partial charge in [0, 0.05) is 24.5 Å². The first-order chi connectivity index (χ1) is 9.92. The van der Waals surface area contributed by atoms with Crippen molar-refractivity contribution in [3.8, 4) is 0 Å². The van der Waals surface area contributed by atoms with E-state index in [1.54, 1.807) is 24.0 Å². The Hall–Kier alpha value is -2.10. The van der Waals surface area contributed by atoms with Gasteiger partial charge in [0.25, 0.3) is 5.91 Å². The van der Waals surface area contributed by atoms with E-state index < -0.39 is 0 Å². The van der Waals surface area contributed by atoms with Crippen LogP contribution in [0.1, 0.15) is 49.2 Å². The lowest BCUT2D eigenvalue weighted by Gasteiger charge is -2.45. The van der Waals surface area contributed by atoms with E-state index in [1.165, 1.54) is 5.56 Å². The minimum atomic E-state index is -0.213. The molecule has 0 saturated heterocycles. The fourth-order valence-corrected chi connectivity index (χ4v) is 3.47. The van der Waals surface area contributed by atoms with E-state index in [0.717, 1.165) is 12.1 Å². The number of rotatable bonds is 1. The summed E-state index contributed by atoms with van der Waals surface area (Å²) in [5.74, 6) is 0.464. The standard InChI is InChI=1S/C17H21N3O/c1-12-11-17(2,3)20(14-8-6-5-7-13(12)14)16(21)15-9-10-18-19(15)4/h5-10,12H,11H2,1-4H3/t12-/m0/s1. The van der Waals surface area contributed by atoms with Crippen LogP contribution in [0.2, 0.25) is 0 Å². The van der Waals surface area contributed by atoms with Crippen molar-refractivity contribution in [3.63, 3.8) is 0 Å². The maximum atomic E-state index is 13.0. The Morgan fingerprint density at radius 3 is 2.67 bits per heavy atom. The highest BCUT2D eigenvalue weighted by molar-refractivity contribution is 6.06. The molecule has 0 N–H and O–H groups in total. The Morgan fingerprint density at radius 1 is 1.29 bits per heavy atom. The van der Waals surface area contributed by atoms with Crippen molar-refractivity contribution in [2.45, 2.75) is 38.6 Å². The van der Waals surface area contributed by atoms with Crippen LogP contribution in [0.15, 0.2) is 36.5 Å². The molecule has 1 aliphatic rings. The minimum absolute atomic E-state index is 0.0133. The molecule has 1 aromatic carbocycles. The van der Waals surface area contributed by atoms with Crippen molar-refractivity contribution in [3.05, 3.63) is 47.8 Å². The number of amides is 1. The van der Waals surface area contributed by atoms with E-state index in [4.69, 9.17) is 0 Å². The predicted molar refractivity (Wildman–Crippen MR) is 83.6 cm³/mol. The van der Waals surface area contributed by atoms with Crippen LogP contribution in [-0.4, -0.2) is 21.2 Å². The molecule has 2 heterocycles. The number of nitrogens with zero attached hydrogens (tertiary/aromatic N) is 3. The summed E-state index contributed by atoms with van der Waals surface area (Å²) >= 11 is 0. The second-order valence-corrected chi connectivity index (χ2v) is 6.46. The van der Waals surface area contributed by atoms with E-state index in [0.29, 0.717) is 11.6 Å². The zero-order valence-corrected chi connectivity index (χ0v) is 13.0. The average Bonchev–Trinajstić information content (AvgIpc) is 2.84. The molecule has 110 valence electrons. The molecule has 0 fully saturated rings. The van der Waals surface area contributed by atoms with Gasteiger partial charge in [0.2, 0.25) is 0 Å². The maximum absolute atomic E-state index is 13.0. The lowest BCUT2D eigenvalue weighted by atomic mass is 9.80. The van der Waals surface area contributed by atoms with E-state index in [9.17, 15) is 4.79 Å². The van der Waals surface area contributed by atoms with Gasteiger partial charge >= 0.3 is 0 Å². The van der Waals surface area contributed by atoms with Gasteiger partial charge in [-0.1, -0.05) is 25.1 Å². The van der Waals surface area contributed by atoms with Crippen molar-refractivity contribution in [2.75, 3.05) is 4.90 Å². The fourth-order valence-electron chi connectivity index (χ4n) is 3.47. The largest absolute Gasteiger partial charge is 0.301 e. The highest BCUT2D eigenvalue weighted by Gasteiger charge is 2.40. The molecule has 1 amide bonds. The monoisotopic (exact) mass is 283 g/mol. The topological polar surface area (TPSA) is 38.1 Å². The van der Waals surface area contributed by atoms with Crippen LogP contribution in [0.3, 0.4) is 0 Å². The zero-order valence-electron chi connectivity index (χ0n) is 13.0. The summed E-state index contributed by atoms with van der Waals surface area (Å²) in [7, 11) is 1.80. The molecule has 0 aliphatic carbocycles. The molecule has 2 aromatic rings. The van der Waals surface area contributed by atoms with Gasteiger partial charge in [-0.05, 0) is 43.9 Å². The second-order valence-electron chi connectivity index (χ2n) is 6.46. The van der Waals surface area contributed by atoms with Crippen LogP contribution in [-0.2, 0) is 7.05 Å². The number of carbonyl (C=O) groups excluding carboxylic acids is 1. The molecule has 0 saturated carbocycles. The van der Waals surface area contributed by atoms with E-state index in [1.807, 2.05) is 23.1 Å². The summed E-state index contributed by atoms with van der Waals surface area (Å²) in [5.41, 5.74) is 2.67. The molecule has 1 aliphatic heterocycles. The van der Waals surface area contributed by atoms with Crippen LogP contribution in [0.4, 0.5) is 5.69 Å². The number of aromatic nitrogens is 2. The number of aryl methyl sites for hydroxylation is 1. The van der Waals surface area contributed by atoms with Gasteiger partial charge in [0.15, 0.2) is 0 Å². The first-order valence-corrected chi connectivity index (χ1v) is 7.33. The molecule has 4 heteroatoms. The quantitative estimate of drug-likeness (QED) is 0.805. The van der Waals surface area contributed by atoms with Crippen molar-refractivity contribution in [1.29, 1.82) is 0 Å². The molecule has 4 nitrogen and oxygen atoms in total. The first-order valence-electron chi connectivity index (χ1n) is 7.33. The van der Waals surface area contributed by atoms with Crippen LogP contribution in [0, 0.1) is 0 Å². The Morgan fingerprint density at radius 2 is 2.00 bits per heavy atom. The third-order valence-electron chi connectivity index (χ3n) is 4.36. The van der Waals surface area contributed by atoms with Crippen LogP contribution < -0.4 is 4.90 Å². The molecule has 1 aromatic heterocycles. The number of hydrogen-bond acceptors (Lipinski definition) is 2. The third kappa shape index (κ3) is 2.15. The summed E-state index contributed by atoms with van der Waals surface area (Å²) in [6.07, 6.45) is 2.62. The van der Waals surface area contributed by atoms with Gasteiger partial charge in [-0.2, -0.15) is 5.10 Å². The summed E-state index contributed by atoms with van der Waals surface area (Å²) < 4.78 is 1.64. The Balaban J connectivity index is 2.13. The van der Waals surface area contributed by atoms with Gasteiger partial charge in [0.05, 0.1) is 0 Å². The Bertz CT molecular complexity index is 687. The Kier molecular flexibility index (Phi) is 3.12. The van der Waals surface area contributed by atoms with Crippen LogP contribution in [0.25, 0.3) is 0 Å². The lowest BCUT2D eigenvalue weighted by Crippen LogP contribution is -2.52. The fraction of sp³-hybridized carbons (Fsp3) is 0.412. The molecule has 0 radical (unpaired) electrons. The molecule has 0 bridgehead atoms. The number of para-hydroxylation sites is 1. The van der Waals surface area contributed by atoms with Gasteiger partial charge in [0.1, 0.15) is 5.69 Å². The van der Waals surface area contributed by atoms with E-state index in [2.05, 4.69) is 31.9 Å². The van der Waals surface area contributed by atoms with Crippen LogP contribution in [0.5, 0.6) is 0 Å². The lowest BCUT2D eigenvalue weighted by molar-refractivity contribution is 0.0944. The smallest absolute Gasteiger partial charge is 0.277 e. The van der Waals surface area contributed by atoms with E-state index >= 15 is 0 Å². The molecule has 21 heavy (non-hydrogen) atoms. The zero-order chi connectivity index (χ0) is 15.2. The summed E-state index contributed by atoms with van der Waals surface area (Å²) in [4.78, 5) is 15.0. The first kappa shape index (κ1) is 13.9. The third-order valence-corrected chi connectivity index (χ3v) is 4.36. The summed E-state index contributed by atoms with van der Waals surface area (Å²) in [6.45, 7) is 6.49. The van der Waals surface area contributed by atoms with Gasteiger partial charge < -0.3 is 4.90 Å². The SMILES string of the molecule is C[C@H]1CC(C)(C)N(C(=O)c2ccnn2C)c2ccccc21. The number of anilines is 1. The van der Waals surface area contributed by atoms with Crippen molar-refractivity contribution >= 4 is 11.6 Å². The van der Waals surface area contributed by atoms with Crippen molar-refractivity contribution in [2.24, 2.45) is 7.05 Å². The van der Waals surface area contributed by atoms with Crippen molar-refractivity contribution in [1.82, 2.24) is 9.78 Å². The summed E-state index contributed by atoms with van der Waals surface area (Å²) in [5, 5.41) is 4.12. The molecular formula is C17H21N3O. The molecule has 0 spiro atoms. The maximum Gasteiger partial charge on any atom is 0.277 e. The number of hydrogen-bond donors (Lipinski definition) is 0. The van der Waals surface area contributed by atoms with Gasteiger partial charge in [-0.3, -0.25) is 9.48 Å². The minimum Gasteiger partial charge on any atom is -0.301 e. The van der Waals surface area contributed by atoms with Crippen molar-refractivity contribution < 1.29 is 4.79 Å². The van der Waals surface area contributed by atoms with Gasteiger partial charge in [-0.15, -0.1) is 0 Å². The molecular weight excluding hydrogens is 262 g/mol. The molecule has 3 rings (SSSR count). The van der Waals surface area contributed by atoms with Crippen LogP contribution >= 0.6 is 0 Å². The molecule has 1 atom stereocenters. The second kappa shape index (κ2) is 4.72. The predicted octanol–water partition coefficient (Wildman–Crippen LogP) is 3.35. The Labute approximate surface area is 125 Å². The normalized spacial score (nSPS) is 20.2. The number of carbonyl (C=O) groups is 1. The molecule has 0 unspecified atom stereocenters. The number of fused-ring (bicyclic) bond motifs is 1.